The Morgan fingerprint density at radius 1 is 1.21 bits per heavy atom. The molecule has 0 aliphatic carbocycles. The number of ether oxygens (including phenoxy) is 1. The van der Waals surface area contributed by atoms with Crippen LogP contribution >= 0.6 is 11.6 Å². The average Bonchev–Trinajstić information content (AvgIpc) is 2.95. The van der Waals surface area contributed by atoms with E-state index < -0.39 is 6.09 Å². The Hall–Kier alpha value is -2.53. The van der Waals surface area contributed by atoms with E-state index in [0.29, 0.717) is 17.1 Å². The van der Waals surface area contributed by atoms with Crippen LogP contribution in [0.5, 0.6) is 0 Å². The van der Waals surface area contributed by atoms with Crippen molar-refractivity contribution in [2.75, 3.05) is 18.0 Å². The highest BCUT2D eigenvalue weighted by atomic mass is 35.5. The first-order valence-corrected chi connectivity index (χ1v) is 7.99. The Morgan fingerprint density at radius 3 is 2.54 bits per heavy atom. The lowest BCUT2D eigenvalue weighted by Gasteiger charge is -2.13. The molecular formula is C18H17ClN2O3. The van der Waals surface area contributed by atoms with Crippen LogP contribution in [-0.2, 0) is 4.74 Å². The van der Waals surface area contributed by atoms with Gasteiger partial charge in [0, 0.05) is 16.3 Å². The molecule has 2 aromatic rings. The monoisotopic (exact) mass is 344 g/mol. The highest BCUT2D eigenvalue weighted by Gasteiger charge is 2.32. The number of aryl methyl sites for hydroxylation is 1. The lowest BCUT2D eigenvalue weighted by Crippen LogP contribution is -2.34. The fourth-order valence-corrected chi connectivity index (χ4v) is 2.60. The van der Waals surface area contributed by atoms with Crippen LogP contribution in [0.1, 0.15) is 15.9 Å². The smallest absolute Gasteiger partial charge is 0.414 e. The molecule has 5 nitrogen and oxygen atoms in total. The third-order valence-corrected chi connectivity index (χ3v) is 4.07. The van der Waals surface area contributed by atoms with Crippen LogP contribution in [0.3, 0.4) is 0 Å². The summed E-state index contributed by atoms with van der Waals surface area (Å²) in [7, 11) is 0. The van der Waals surface area contributed by atoms with Crippen LogP contribution in [0.25, 0.3) is 0 Å². The minimum Gasteiger partial charge on any atom is -0.442 e. The first kappa shape index (κ1) is 16.3. The van der Waals surface area contributed by atoms with Gasteiger partial charge in [-0.25, -0.2) is 4.79 Å². The lowest BCUT2D eigenvalue weighted by molar-refractivity contribution is 0.0916. The van der Waals surface area contributed by atoms with Crippen molar-refractivity contribution in [1.29, 1.82) is 0 Å². The third-order valence-electron chi connectivity index (χ3n) is 3.82. The van der Waals surface area contributed by atoms with Gasteiger partial charge in [0.15, 0.2) is 0 Å². The molecule has 0 spiro atoms. The van der Waals surface area contributed by atoms with Crippen molar-refractivity contribution < 1.29 is 14.3 Å². The maximum absolute atomic E-state index is 12.1. The highest BCUT2D eigenvalue weighted by molar-refractivity contribution is 6.30. The molecule has 1 fully saturated rings. The zero-order valence-corrected chi connectivity index (χ0v) is 13.9. The number of carbonyl (C=O) groups is 2. The van der Waals surface area contributed by atoms with Gasteiger partial charge < -0.3 is 10.1 Å². The van der Waals surface area contributed by atoms with Crippen molar-refractivity contribution in [2.45, 2.75) is 13.0 Å². The Balaban J connectivity index is 1.57. The van der Waals surface area contributed by atoms with Crippen molar-refractivity contribution >= 4 is 29.3 Å². The van der Waals surface area contributed by atoms with Crippen LogP contribution in [0, 0.1) is 6.92 Å². The second-order valence-electron chi connectivity index (χ2n) is 5.67. The predicted molar refractivity (Wildman–Crippen MR) is 92.6 cm³/mol. The fraction of sp³-hybridized carbons (Fsp3) is 0.222. The number of amides is 2. The van der Waals surface area contributed by atoms with Crippen molar-refractivity contribution in [3.05, 3.63) is 64.7 Å². The number of halogens is 1. The number of carbonyl (C=O) groups excluding carboxylic acids is 2. The summed E-state index contributed by atoms with van der Waals surface area (Å²) >= 11 is 5.85. The highest BCUT2D eigenvalue weighted by Crippen LogP contribution is 2.23. The van der Waals surface area contributed by atoms with Crippen molar-refractivity contribution in [3.63, 3.8) is 0 Å². The molecule has 1 heterocycles. The van der Waals surface area contributed by atoms with E-state index in [4.69, 9.17) is 16.3 Å². The molecule has 0 saturated carbocycles. The fourth-order valence-electron chi connectivity index (χ4n) is 2.47. The summed E-state index contributed by atoms with van der Waals surface area (Å²) in [5, 5.41) is 3.40. The maximum atomic E-state index is 12.1. The standard InChI is InChI=1S/C18H17ClN2O3/c1-12-2-4-13(5-3-12)17(22)20-10-16-11-21(18(23)24-16)15-8-6-14(19)7-9-15/h2-9,16H,10-11H2,1H3,(H,20,22). The number of anilines is 1. The Bertz CT molecular complexity index is 744. The first-order chi connectivity index (χ1) is 11.5. The van der Waals surface area contributed by atoms with E-state index in [2.05, 4.69) is 5.32 Å². The molecule has 6 heteroatoms. The van der Waals surface area contributed by atoms with Crippen LogP contribution in [0.15, 0.2) is 48.5 Å². The Labute approximate surface area is 145 Å². The zero-order chi connectivity index (χ0) is 17.1. The van der Waals surface area contributed by atoms with Gasteiger partial charge in [0.2, 0.25) is 0 Å². The summed E-state index contributed by atoms with van der Waals surface area (Å²) in [6.07, 6.45) is -0.811. The van der Waals surface area contributed by atoms with Gasteiger partial charge in [-0.2, -0.15) is 0 Å². The Morgan fingerprint density at radius 2 is 1.88 bits per heavy atom. The van der Waals surface area contributed by atoms with Crippen molar-refractivity contribution in [3.8, 4) is 0 Å². The van der Waals surface area contributed by atoms with Gasteiger partial charge >= 0.3 is 6.09 Å². The number of nitrogens with zero attached hydrogens (tertiary/aromatic N) is 1. The number of cyclic esters (lactones) is 1. The van der Waals surface area contributed by atoms with Crippen LogP contribution in [0.4, 0.5) is 10.5 Å². The first-order valence-electron chi connectivity index (χ1n) is 7.61. The van der Waals surface area contributed by atoms with Gasteiger partial charge in [0.25, 0.3) is 5.91 Å². The molecule has 2 amide bonds. The average molecular weight is 345 g/mol. The SMILES string of the molecule is Cc1ccc(C(=O)NCC2CN(c3ccc(Cl)cc3)C(=O)O2)cc1. The molecule has 0 bridgehead atoms. The molecule has 0 radical (unpaired) electrons. The molecule has 0 aromatic heterocycles. The zero-order valence-electron chi connectivity index (χ0n) is 13.2. The third kappa shape index (κ3) is 3.68. The number of rotatable bonds is 4. The molecule has 1 aliphatic heterocycles. The van der Waals surface area contributed by atoms with Gasteiger partial charge in [0.1, 0.15) is 6.10 Å². The predicted octanol–water partition coefficient (Wildman–Crippen LogP) is 3.40. The van der Waals surface area contributed by atoms with Crippen molar-refractivity contribution in [1.82, 2.24) is 5.32 Å². The second-order valence-corrected chi connectivity index (χ2v) is 6.11. The second kappa shape index (κ2) is 6.93. The van der Waals surface area contributed by atoms with Crippen LogP contribution in [-0.4, -0.2) is 31.2 Å². The summed E-state index contributed by atoms with van der Waals surface area (Å²) in [6.45, 7) is 2.61. The van der Waals surface area contributed by atoms with E-state index in [1.165, 1.54) is 4.90 Å². The summed E-state index contributed by atoms with van der Waals surface area (Å²) < 4.78 is 5.30. The summed E-state index contributed by atoms with van der Waals surface area (Å²) in [5.74, 6) is -0.184. The normalized spacial score (nSPS) is 16.8. The van der Waals surface area contributed by atoms with E-state index in [9.17, 15) is 9.59 Å². The van der Waals surface area contributed by atoms with E-state index in [-0.39, 0.29) is 18.6 Å². The number of nitrogens with one attached hydrogen (secondary N) is 1. The summed E-state index contributed by atoms with van der Waals surface area (Å²) in [4.78, 5) is 25.6. The van der Waals surface area contributed by atoms with Gasteiger partial charge in [-0.1, -0.05) is 29.3 Å². The molecular weight excluding hydrogens is 328 g/mol. The van der Waals surface area contributed by atoms with Gasteiger partial charge in [-0.15, -0.1) is 0 Å². The molecule has 1 aliphatic rings. The molecule has 1 atom stereocenters. The van der Waals surface area contributed by atoms with E-state index in [1.807, 2.05) is 19.1 Å². The largest absolute Gasteiger partial charge is 0.442 e. The molecule has 1 N–H and O–H groups in total. The van der Waals surface area contributed by atoms with E-state index in [1.54, 1.807) is 36.4 Å². The lowest BCUT2D eigenvalue weighted by atomic mass is 10.1. The van der Waals surface area contributed by atoms with Crippen molar-refractivity contribution in [2.24, 2.45) is 0 Å². The molecule has 2 aromatic carbocycles. The van der Waals surface area contributed by atoms with E-state index in [0.717, 1.165) is 11.3 Å². The van der Waals surface area contributed by atoms with E-state index >= 15 is 0 Å². The number of benzene rings is 2. The summed E-state index contributed by atoms with van der Waals surface area (Å²) in [5.41, 5.74) is 2.39. The molecule has 3 rings (SSSR count). The minimum atomic E-state index is -0.424. The minimum absolute atomic E-state index is 0.184. The van der Waals surface area contributed by atoms with Gasteiger partial charge in [0.05, 0.1) is 13.1 Å². The van der Waals surface area contributed by atoms with Gasteiger partial charge in [-0.05, 0) is 43.3 Å². The molecule has 124 valence electrons. The van der Waals surface area contributed by atoms with Gasteiger partial charge in [-0.3, -0.25) is 9.69 Å². The number of hydrogen-bond acceptors (Lipinski definition) is 3. The molecule has 24 heavy (non-hydrogen) atoms. The molecule has 1 saturated heterocycles. The quantitative estimate of drug-likeness (QED) is 0.924. The Kier molecular flexibility index (Phi) is 4.71. The molecule has 1 unspecified atom stereocenters. The van der Waals surface area contributed by atoms with Crippen LogP contribution in [0.2, 0.25) is 5.02 Å². The maximum Gasteiger partial charge on any atom is 0.414 e. The number of hydrogen-bond donors (Lipinski definition) is 1. The summed E-state index contributed by atoms with van der Waals surface area (Å²) in [6, 6.07) is 14.3. The topological polar surface area (TPSA) is 58.6 Å². The van der Waals surface area contributed by atoms with Crippen LogP contribution < -0.4 is 10.2 Å².